The first-order valence-electron chi connectivity index (χ1n) is 2.87. The lowest BCUT2D eigenvalue weighted by molar-refractivity contribution is 1.31. The molecule has 0 spiro atoms. The number of nitrogens with zero attached hydrogens (tertiary/aromatic N) is 2. The van der Waals surface area contributed by atoms with E-state index in [-0.39, 0.29) is 0 Å². The Balaban J connectivity index is 3.34. The second-order valence-electron chi connectivity index (χ2n) is 2.00. The van der Waals surface area contributed by atoms with Crippen LogP contribution in [-0.2, 0) is 0 Å². The lowest BCUT2D eigenvalue weighted by Crippen LogP contribution is -2.04. The molecule has 1 unspecified atom stereocenters. The second kappa shape index (κ2) is 2.77. The summed E-state index contributed by atoms with van der Waals surface area (Å²) in [6, 6.07) is 3.91. The van der Waals surface area contributed by atoms with Gasteiger partial charge in [-0.3, -0.25) is 4.98 Å². The van der Waals surface area contributed by atoms with Gasteiger partial charge in [-0.15, -0.1) is 0 Å². The van der Waals surface area contributed by atoms with Crippen molar-refractivity contribution in [3.05, 3.63) is 23.4 Å². The molecule has 50 valence electrons. The van der Waals surface area contributed by atoms with E-state index < -0.39 is 0 Å². The third-order valence-corrected chi connectivity index (χ3v) is 1.74. The highest BCUT2D eigenvalue weighted by atomic mass is 31.0. The van der Waals surface area contributed by atoms with Gasteiger partial charge < -0.3 is 0 Å². The maximum Gasteiger partial charge on any atom is 0.102 e. The van der Waals surface area contributed by atoms with E-state index in [0.717, 1.165) is 11.0 Å². The summed E-state index contributed by atoms with van der Waals surface area (Å²) in [7, 11) is 2.43. The number of hydrogen-bond donors (Lipinski definition) is 0. The van der Waals surface area contributed by atoms with Gasteiger partial charge in [0.2, 0.25) is 0 Å². The lowest BCUT2D eigenvalue weighted by atomic mass is 10.2. The molecule has 3 heteroatoms. The largest absolute Gasteiger partial charge is 0.256 e. The van der Waals surface area contributed by atoms with Gasteiger partial charge in [0.1, 0.15) is 6.07 Å². The highest BCUT2D eigenvalue weighted by Gasteiger charge is 1.99. The monoisotopic (exact) mass is 150 g/mol. The van der Waals surface area contributed by atoms with Crippen LogP contribution in [0.2, 0.25) is 0 Å². The summed E-state index contributed by atoms with van der Waals surface area (Å²) in [6.07, 6.45) is 1.69. The Kier molecular flexibility index (Phi) is 1.99. The molecule has 2 nitrogen and oxygen atoms in total. The van der Waals surface area contributed by atoms with Crippen LogP contribution in [-0.4, -0.2) is 4.98 Å². The Hall–Kier alpha value is -0.930. The van der Waals surface area contributed by atoms with E-state index >= 15 is 0 Å². The topological polar surface area (TPSA) is 36.7 Å². The average molecular weight is 150 g/mol. The summed E-state index contributed by atoms with van der Waals surface area (Å²) < 4.78 is 0. The fourth-order valence-corrected chi connectivity index (χ4v) is 1.10. The van der Waals surface area contributed by atoms with Crippen molar-refractivity contribution in [1.29, 1.82) is 5.26 Å². The predicted molar refractivity (Wildman–Crippen MR) is 43.0 cm³/mol. The van der Waals surface area contributed by atoms with Crippen molar-refractivity contribution in [1.82, 2.24) is 4.98 Å². The van der Waals surface area contributed by atoms with Gasteiger partial charge in [0.25, 0.3) is 0 Å². The molecule has 1 heterocycles. The minimum absolute atomic E-state index is 0.660. The van der Waals surface area contributed by atoms with Crippen molar-refractivity contribution in [2.45, 2.75) is 6.92 Å². The van der Waals surface area contributed by atoms with E-state index in [1.807, 2.05) is 13.0 Å². The van der Waals surface area contributed by atoms with Gasteiger partial charge >= 0.3 is 0 Å². The van der Waals surface area contributed by atoms with Crippen LogP contribution >= 0.6 is 9.24 Å². The van der Waals surface area contributed by atoms with Crippen molar-refractivity contribution in [2.75, 3.05) is 0 Å². The SMILES string of the molecule is Cc1ccnc(P)c1C#N. The Morgan fingerprint density at radius 3 is 2.80 bits per heavy atom. The third kappa shape index (κ3) is 1.15. The van der Waals surface area contributed by atoms with Crippen molar-refractivity contribution in [3.63, 3.8) is 0 Å². The Bertz CT molecular complexity index is 268. The molecule has 0 aliphatic heterocycles. The van der Waals surface area contributed by atoms with Gasteiger partial charge in [-0.25, -0.2) is 0 Å². The van der Waals surface area contributed by atoms with Gasteiger partial charge in [-0.2, -0.15) is 5.26 Å². The zero-order valence-corrected chi connectivity index (χ0v) is 6.78. The quantitative estimate of drug-likeness (QED) is 0.512. The molecule has 0 aliphatic carbocycles. The summed E-state index contributed by atoms with van der Waals surface area (Å²) in [6.45, 7) is 1.90. The molecule has 0 saturated carbocycles. The van der Waals surface area contributed by atoms with Crippen LogP contribution in [0.25, 0.3) is 0 Å². The lowest BCUT2D eigenvalue weighted by Gasteiger charge is -1.96. The summed E-state index contributed by atoms with van der Waals surface area (Å²) in [5, 5.41) is 8.60. The third-order valence-electron chi connectivity index (χ3n) is 1.30. The fourth-order valence-electron chi connectivity index (χ4n) is 0.725. The molecule has 0 aliphatic rings. The molecule has 1 rings (SSSR count). The molecule has 1 aromatic rings. The molecule has 0 radical (unpaired) electrons. The molecule has 0 N–H and O–H groups in total. The van der Waals surface area contributed by atoms with Gasteiger partial charge in [-0.1, -0.05) is 9.24 Å². The molecule has 0 fully saturated rings. The molecule has 0 saturated heterocycles. The van der Waals surface area contributed by atoms with Gasteiger partial charge in [0.05, 0.1) is 11.0 Å². The van der Waals surface area contributed by atoms with Crippen molar-refractivity contribution in [3.8, 4) is 6.07 Å². The Morgan fingerprint density at radius 1 is 1.70 bits per heavy atom. The van der Waals surface area contributed by atoms with Crippen molar-refractivity contribution >= 4 is 14.7 Å². The maximum atomic E-state index is 8.60. The van der Waals surface area contributed by atoms with E-state index in [1.54, 1.807) is 6.20 Å². The van der Waals surface area contributed by atoms with Crippen LogP contribution in [0.5, 0.6) is 0 Å². The van der Waals surface area contributed by atoms with E-state index in [0.29, 0.717) is 5.56 Å². The predicted octanol–water partition coefficient (Wildman–Crippen LogP) is 0.762. The van der Waals surface area contributed by atoms with E-state index in [1.165, 1.54) is 0 Å². The number of hydrogen-bond acceptors (Lipinski definition) is 2. The smallest absolute Gasteiger partial charge is 0.102 e. The summed E-state index contributed by atoms with van der Waals surface area (Å²) in [5.41, 5.74) is 2.36. The first-order chi connectivity index (χ1) is 4.75. The number of aromatic nitrogens is 1. The number of nitriles is 1. The molecule has 1 aromatic heterocycles. The number of rotatable bonds is 0. The van der Waals surface area contributed by atoms with E-state index in [9.17, 15) is 0 Å². The number of aryl methyl sites for hydroxylation is 1. The summed E-state index contributed by atoms with van der Waals surface area (Å²) >= 11 is 0. The summed E-state index contributed by atoms with van der Waals surface area (Å²) in [5.74, 6) is 0. The van der Waals surface area contributed by atoms with Crippen LogP contribution in [0, 0.1) is 18.3 Å². The molecule has 1 atom stereocenters. The van der Waals surface area contributed by atoms with Crippen LogP contribution in [0.4, 0.5) is 0 Å². The first-order valence-corrected chi connectivity index (χ1v) is 3.44. The molecule has 10 heavy (non-hydrogen) atoms. The van der Waals surface area contributed by atoms with Gasteiger partial charge in [-0.05, 0) is 18.6 Å². The van der Waals surface area contributed by atoms with Crippen molar-refractivity contribution < 1.29 is 0 Å². The number of pyridine rings is 1. The van der Waals surface area contributed by atoms with Gasteiger partial charge in [0.15, 0.2) is 0 Å². The highest BCUT2D eigenvalue weighted by molar-refractivity contribution is 7.27. The summed E-state index contributed by atoms with van der Waals surface area (Å²) in [4.78, 5) is 3.95. The van der Waals surface area contributed by atoms with Crippen LogP contribution < -0.4 is 5.44 Å². The molecule has 0 amide bonds. The first kappa shape index (κ1) is 7.18. The normalized spacial score (nSPS) is 8.90. The van der Waals surface area contributed by atoms with Gasteiger partial charge in [0, 0.05) is 6.20 Å². The van der Waals surface area contributed by atoms with Crippen LogP contribution in [0.1, 0.15) is 11.1 Å². The van der Waals surface area contributed by atoms with Crippen molar-refractivity contribution in [2.24, 2.45) is 0 Å². The minimum Gasteiger partial charge on any atom is -0.256 e. The van der Waals surface area contributed by atoms with E-state index in [2.05, 4.69) is 20.3 Å². The molecule has 0 bridgehead atoms. The van der Waals surface area contributed by atoms with Crippen LogP contribution in [0.3, 0.4) is 0 Å². The highest BCUT2D eigenvalue weighted by Crippen LogP contribution is 2.02. The van der Waals surface area contributed by atoms with E-state index in [4.69, 9.17) is 5.26 Å². The Labute approximate surface area is 62.1 Å². The molecular weight excluding hydrogens is 143 g/mol. The average Bonchev–Trinajstić information content (AvgIpc) is 1.88. The second-order valence-corrected chi connectivity index (χ2v) is 2.55. The van der Waals surface area contributed by atoms with Crippen LogP contribution in [0.15, 0.2) is 12.3 Å². The molecular formula is C7H7N2P. The zero-order valence-electron chi connectivity index (χ0n) is 5.63. The fraction of sp³-hybridized carbons (Fsp3) is 0.143. The standard InChI is InChI=1S/C7H7N2P/c1-5-2-3-9-7(10)6(5)4-8/h2-3H,10H2,1H3. The minimum atomic E-state index is 0.660. The molecule has 0 aromatic carbocycles. The zero-order chi connectivity index (χ0) is 7.56. The Morgan fingerprint density at radius 2 is 2.40 bits per heavy atom. The maximum absolute atomic E-state index is 8.60.